The summed E-state index contributed by atoms with van der Waals surface area (Å²) in [5.41, 5.74) is 0.289. The van der Waals surface area contributed by atoms with Crippen molar-refractivity contribution in [3.8, 4) is 0 Å². The minimum absolute atomic E-state index is 0.289. The Balaban J connectivity index is 4.19. The number of rotatable bonds is 9. The van der Waals surface area contributed by atoms with Crippen molar-refractivity contribution < 1.29 is 9.90 Å². The van der Waals surface area contributed by atoms with Crippen molar-refractivity contribution in [2.24, 2.45) is 11.8 Å². The van der Waals surface area contributed by atoms with Crippen molar-refractivity contribution in [1.82, 2.24) is 4.90 Å². The van der Waals surface area contributed by atoms with Gasteiger partial charge in [0.25, 0.3) is 0 Å². The van der Waals surface area contributed by atoms with Crippen LogP contribution in [0.15, 0.2) is 12.2 Å². The Morgan fingerprint density at radius 1 is 1.12 bits per heavy atom. The van der Waals surface area contributed by atoms with E-state index in [0.717, 1.165) is 25.9 Å². The van der Waals surface area contributed by atoms with Crippen LogP contribution >= 0.6 is 0 Å². The molecule has 0 fully saturated rings. The largest absolute Gasteiger partial charge is 0.478 e. The Morgan fingerprint density at radius 2 is 1.53 bits per heavy atom. The van der Waals surface area contributed by atoms with Crippen molar-refractivity contribution in [2.45, 2.75) is 40.5 Å². The van der Waals surface area contributed by atoms with Crippen LogP contribution in [0.2, 0.25) is 0 Å². The average Bonchev–Trinajstić information content (AvgIpc) is 2.21. The van der Waals surface area contributed by atoms with Gasteiger partial charge in [-0.2, -0.15) is 0 Å². The van der Waals surface area contributed by atoms with Crippen LogP contribution < -0.4 is 0 Å². The number of carboxylic acids is 1. The molecule has 17 heavy (non-hydrogen) atoms. The predicted molar refractivity (Wildman–Crippen MR) is 72.1 cm³/mol. The van der Waals surface area contributed by atoms with Gasteiger partial charge in [0.15, 0.2) is 0 Å². The smallest absolute Gasteiger partial charge is 0.332 e. The molecule has 3 heteroatoms. The van der Waals surface area contributed by atoms with E-state index in [1.807, 2.05) is 0 Å². The van der Waals surface area contributed by atoms with Crippen molar-refractivity contribution in [2.75, 3.05) is 19.6 Å². The van der Waals surface area contributed by atoms with Crippen LogP contribution in [0.4, 0.5) is 0 Å². The second-order valence-corrected chi connectivity index (χ2v) is 5.55. The molecule has 3 nitrogen and oxygen atoms in total. The molecule has 0 atom stereocenters. The molecular formula is C14H27NO2. The van der Waals surface area contributed by atoms with Gasteiger partial charge in [0.05, 0.1) is 0 Å². The van der Waals surface area contributed by atoms with Gasteiger partial charge in [0.1, 0.15) is 0 Å². The summed E-state index contributed by atoms with van der Waals surface area (Å²) in [5, 5.41) is 8.86. The third kappa shape index (κ3) is 8.93. The monoisotopic (exact) mass is 241 g/mol. The molecule has 1 N–H and O–H groups in total. The Morgan fingerprint density at radius 3 is 1.82 bits per heavy atom. The number of hydrogen-bond acceptors (Lipinski definition) is 2. The molecule has 0 aliphatic carbocycles. The van der Waals surface area contributed by atoms with Crippen LogP contribution in [-0.4, -0.2) is 35.6 Å². The molecule has 0 aromatic heterocycles. The van der Waals surface area contributed by atoms with E-state index >= 15 is 0 Å². The second-order valence-electron chi connectivity index (χ2n) is 5.55. The van der Waals surface area contributed by atoms with Gasteiger partial charge in [0.2, 0.25) is 0 Å². The predicted octanol–water partition coefficient (Wildman–Crippen LogP) is 3.02. The zero-order chi connectivity index (χ0) is 13.4. The highest BCUT2D eigenvalue weighted by Gasteiger charge is 2.12. The van der Waals surface area contributed by atoms with Gasteiger partial charge < -0.3 is 5.11 Å². The maximum absolute atomic E-state index is 10.8. The third-order valence-electron chi connectivity index (χ3n) is 2.76. The number of hydrogen-bond donors (Lipinski definition) is 1. The highest BCUT2D eigenvalue weighted by Crippen LogP contribution is 2.08. The van der Waals surface area contributed by atoms with Crippen molar-refractivity contribution >= 4 is 5.97 Å². The molecular weight excluding hydrogens is 214 g/mol. The van der Waals surface area contributed by atoms with Crippen LogP contribution in [0, 0.1) is 11.8 Å². The average molecular weight is 241 g/mol. The normalized spacial score (nSPS) is 11.5. The number of carbonyl (C=O) groups is 1. The van der Waals surface area contributed by atoms with Gasteiger partial charge in [-0.15, -0.1) is 0 Å². The lowest BCUT2D eigenvalue weighted by Gasteiger charge is -2.24. The van der Waals surface area contributed by atoms with E-state index in [0.29, 0.717) is 18.4 Å². The van der Waals surface area contributed by atoms with E-state index in [2.05, 4.69) is 39.2 Å². The molecule has 0 saturated heterocycles. The third-order valence-corrected chi connectivity index (χ3v) is 2.76. The Bertz CT molecular complexity index is 235. The van der Waals surface area contributed by atoms with Crippen LogP contribution in [0.3, 0.4) is 0 Å². The Kier molecular flexibility index (Phi) is 7.88. The fraction of sp³-hybridized carbons (Fsp3) is 0.786. The molecule has 0 aliphatic heterocycles. The lowest BCUT2D eigenvalue weighted by Crippen LogP contribution is -2.31. The highest BCUT2D eigenvalue weighted by atomic mass is 16.4. The maximum atomic E-state index is 10.8. The summed E-state index contributed by atoms with van der Waals surface area (Å²) < 4.78 is 0. The SMILES string of the molecule is C=C(CN(CCC(C)C)CCC(C)C)C(=O)O. The Labute approximate surface area is 106 Å². The minimum Gasteiger partial charge on any atom is -0.478 e. The van der Waals surface area contributed by atoms with E-state index in [1.165, 1.54) is 0 Å². The van der Waals surface area contributed by atoms with E-state index < -0.39 is 5.97 Å². The van der Waals surface area contributed by atoms with Crippen molar-refractivity contribution in [3.63, 3.8) is 0 Å². The molecule has 0 heterocycles. The van der Waals surface area contributed by atoms with Gasteiger partial charge in [-0.1, -0.05) is 34.3 Å². The van der Waals surface area contributed by atoms with Gasteiger partial charge in [-0.25, -0.2) is 4.79 Å². The van der Waals surface area contributed by atoms with Gasteiger partial charge >= 0.3 is 5.97 Å². The molecule has 0 bridgehead atoms. The number of carboxylic acid groups (broad SMARTS) is 1. The topological polar surface area (TPSA) is 40.5 Å². The lowest BCUT2D eigenvalue weighted by molar-refractivity contribution is -0.132. The van der Waals surface area contributed by atoms with Gasteiger partial charge in [-0.05, 0) is 37.8 Å². The molecule has 0 unspecified atom stereocenters. The summed E-state index contributed by atoms with van der Waals surface area (Å²) in [7, 11) is 0. The van der Waals surface area contributed by atoms with E-state index in [4.69, 9.17) is 5.11 Å². The summed E-state index contributed by atoms with van der Waals surface area (Å²) in [5.74, 6) is 0.411. The molecule has 0 rings (SSSR count). The van der Waals surface area contributed by atoms with E-state index in [1.54, 1.807) is 0 Å². The van der Waals surface area contributed by atoms with Crippen molar-refractivity contribution in [3.05, 3.63) is 12.2 Å². The first kappa shape index (κ1) is 16.2. The Hall–Kier alpha value is -0.830. The summed E-state index contributed by atoms with van der Waals surface area (Å²) >= 11 is 0. The summed E-state index contributed by atoms with van der Waals surface area (Å²) in [4.78, 5) is 13.0. The zero-order valence-electron chi connectivity index (χ0n) is 11.7. The maximum Gasteiger partial charge on any atom is 0.332 e. The molecule has 0 radical (unpaired) electrons. The first-order valence-electron chi connectivity index (χ1n) is 6.46. The fourth-order valence-electron chi connectivity index (χ4n) is 1.49. The van der Waals surface area contributed by atoms with Gasteiger partial charge in [0, 0.05) is 12.1 Å². The van der Waals surface area contributed by atoms with E-state index in [-0.39, 0.29) is 5.57 Å². The minimum atomic E-state index is -0.885. The molecule has 100 valence electrons. The highest BCUT2D eigenvalue weighted by molar-refractivity contribution is 5.86. The molecule has 0 aliphatic rings. The van der Waals surface area contributed by atoms with Crippen molar-refractivity contribution in [1.29, 1.82) is 0 Å². The summed E-state index contributed by atoms with van der Waals surface area (Å²) in [6.45, 7) is 14.7. The quantitative estimate of drug-likeness (QED) is 0.631. The van der Waals surface area contributed by atoms with Gasteiger partial charge in [-0.3, -0.25) is 4.90 Å². The molecule has 0 spiro atoms. The molecule has 0 saturated carbocycles. The standard InChI is InChI=1S/C14H27NO2/c1-11(2)6-8-15(9-7-12(3)4)10-13(5)14(16)17/h11-12H,5-10H2,1-4H3,(H,16,17). The van der Waals surface area contributed by atoms with E-state index in [9.17, 15) is 4.79 Å². The second kappa shape index (κ2) is 8.29. The number of aliphatic carboxylic acids is 1. The lowest BCUT2D eigenvalue weighted by atomic mass is 10.1. The molecule has 0 amide bonds. The zero-order valence-corrected chi connectivity index (χ0v) is 11.7. The van der Waals surface area contributed by atoms with Crippen LogP contribution in [-0.2, 0) is 4.79 Å². The first-order chi connectivity index (χ1) is 7.82. The first-order valence-corrected chi connectivity index (χ1v) is 6.46. The molecule has 0 aromatic carbocycles. The van der Waals surface area contributed by atoms with Crippen LogP contribution in [0.1, 0.15) is 40.5 Å². The molecule has 0 aromatic rings. The van der Waals surface area contributed by atoms with Crippen LogP contribution in [0.5, 0.6) is 0 Å². The summed E-state index contributed by atoms with van der Waals surface area (Å²) in [6.07, 6.45) is 2.20. The fourth-order valence-corrected chi connectivity index (χ4v) is 1.49. The van der Waals surface area contributed by atoms with Crippen LogP contribution in [0.25, 0.3) is 0 Å². The summed E-state index contributed by atoms with van der Waals surface area (Å²) in [6, 6.07) is 0. The number of nitrogens with zero attached hydrogens (tertiary/aromatic N) is 1.